The summed E-state index contributed by atoms with van der Waals surface area (Å²) in [6.45, 7) is 10.0. The zero-order chi connectivity index (χ0) is 20.2. The first-order valence-corrected chi connectivity index (χ1v) is 11.1. The second-order valence-electron chi connectivity index (χ2n) is 8.50. The number of hydrogen-bond acceptors (Lipinski definition) is 6. The van der Waals surface area contributed by atoms with Gasteiger partial charge in [0.05, 0.1) is 18.7 Å². The van der Waals surface area contributed by atoms with Gasteiger partial charge in [0.15, 0.2) is 5.82 Å². The molecule has 0 aliphatic carbocycles. The lowest BCUT2D eigenvalue weighted by molar-refractivity contribution is 0.0885. The van der Waals surface area contributed by atoms with Crippen LogP contribution >= 0.6 is 11.6 Å². The monoisotopic (exact) mass is 418 g/mol. The van der Waals surface area contributed by atoms with E-state index in [1.54, 1.807) is 0 Å². The van der Waals surface area contributed by atoms with Crippen LogP contribution in [0.4, 0.5) is 5.69 Å². The van der Waals surface area contributed by atoms with E-state index in [2.05, 4.69) is 45.2 Å². The van der Waals surface area contributed by atoms with E-state index in [1.165, 1.54) is 5.69 Å². The molecular formula is C21H31ClN6O. The molecule has 1 aromatic heterocycles. The van der Waals surface area contributed by atoms with Crippen molar-refractivity contribution in [1.29, 1.82) is 0 Å². The molecule has 2 aromatic rings. The molecule has 0 unspecified atom stereocenters. The van der Waals surface area contributed by atoms with Crippen LogP contribution in [0.15, 0.2) is 24.3 Å². The molecule has 29 heavy (non-hydrogen) atoms. The Morgan fingerprint density at radius 2 is 2.03 bits per heavy atom. The summed E-state index contributed by atoms with van der Waals surface area (Å²) in [4.78, 5) is 4.95. The minimum atomic E-state index is 0.230. The van der Waals surface area contributed by atoms with Gasteiger partial charge in [0, 0.05) is 43.5 Å². The van der Waals surface area contributed by atoms with Gasteiger partial charge in [0.25, 0.3) is 0 Å². The van der Waals surface area contributed by atoms with E-state index in [4.69, 9.17) is 16.3 Å². The Kier molecular flexibility index (Phi) is 6.67. The minimum absolute atomic E-state index is 0.230. The third kappa shape index (κ3) is 5.08. The molecule has 2 aliphatic rings. The molecule has 2 aliphatic heterocycles. The van der Waals surface area contributed by atoms with Crippen LogP contribution in [0, 0.1) is 5.92 Å². The lowest BCUT2D eigenvalue weighted by Crippen LogP contribution is -2.48. The first kappa shape index (κ1) is 20.6. The van der Waals surface area contributed by atoms with Gasteiger partial charge >= 0.3 is 0 Å². The summed E-state index contributed by atoms with van der Waals surface area (Å²) < 4.78 is 7.79. The third-order valence-electron chi connectivity index (χ3n) is 5.88. The normalized spacial score (nSPS) is 21.8. The number of anilines is 1. The number of aromatic nitrogens is 4. The fourth-order valence-corrected chi connectivity index (χ4v) is 4.57. The number of ether oxygens (including phenoxy) is 1. The van der Waals surface area contributed by atoms with Crippen molar-refractivity contribution in [3.63, 3.8) is 0 Å². The van der Waals surface area contributed by atoms with Gasteiger partial charge in [-0.3, -0.25) is 4.90 Å². The minimum Gasteiger partial charge on any atom is -0.376 e. The summed E-state index contributed by atoms with van der Waals surface area (Å²) in [5, 5.41) is 13.6. The van der Waals surface area contributed by atoms with E-state index in [9.17, 15) is 0 Å². The lowest BCUT2D eigenvalue weighted by atomic mass is 10.0. The van der Waals surface area contributed by atoms with Crippen LogP contribution in [-0.2, 0) is 11.3 Å². The Bertz CT molecular complexity index is 783. The van der Waals surface area contributed by atoms with Gasteiger partial charge in [0.1, 0.15) is 0 Å². The van der Waals surface area contributed by atoms with E-state index < -0.39 is 0 Å². The highest BCUT2D eigenvalue weighted by Gasteiger charge is 2.31. The SMILES string of the molecule is CC(C)C[C@H](c1nnnn1C[C@H]1CCCO1)N1CCN(c2cccc(Cl)c2)CC1. The maximum absolute atomic E-state index is 6.18. The fraction of sp³-hybridized carbons (Fsp3) is 0.667. The number of halogens is 1. The van der Waals surface area contributed by atoms with Gasteiger partial charge in [-0.15, -0.1) is 5.10 Å². The molecule has 0 saturated carbocycles. The standard InChI is InChI=1S/C21H31ClN6O/c1-16(2)13-20(21-23-24-25-28(21)15-19-7-4-12-29-19)27-10-8-26(9-11-27)18-6-3-5-17(22)14-18/h3,5-6,14,16,19-20H,4,7-13,15H2,1-2H3/t19-,20-/m1/s1. The quantitative estimate of drug-likeness (QED) is 0.686. The molecule has 0 amide bonds. The van der Waals surface area contributed by atoms with E-state index in [-0.39, 0.29) is 12.1 Å². The van der Waals surface area contributed by atoms with Crippen LogP contribution in [-0.4, -0.2) is 64.0 Å². The summed E-state index contributed by atoms with van der Waals surface area (Å²) in [5.74, 6) is 1.55. The van der Waals surface area contributed by atoms with Gasteiger partial charge in [-0.2, -0.15) is 0 Å². The summed E-state index contributed by atoms with van der Waals surface area (Å²) in [7, 11) is 0. The summed E-state index contributed by atoms with van der Waals surface area (Å²) >= 11 is 6.18. The van der Waals surface area contributed by atoms with Crippen molar-refractivity contribution >= 4 is 17.3 Å². The van der Waals surface area contributed by atoms with Crippen molar-refractivity contribution < 1.29 is 4.74 Å². The molecule has 2 fully saturated rings. The Labute approximate surface area is 178 Å². The first-order chi connectivity index (χ1) is 14.1. The van der Waals surface area contributed by atoms with Crippen molar-refractivity contribution in [2.75, 3.05) is 37.7 Å². The largest absolute Gasteiger partial charge is 0.376 e. The average Bonchev–Trinajstić information content (AvgIpc) is 3.39. The molecule has 2 atom stereocenters. The first-order valence-electron chi connectivity index (χ1n) is 10.7. The molecule has 7 nitrogen and oxygen atoms in total. The molecule has 0 N–H and O–H groups in total. The zero-order valence-electron chi connectivity index (χ0n) is 17.4. The number of benzene rings is 1. The van der Waals surface area contributed by atoms with Crippen LogP contribution in [0.2, 0.25) is 5.02 Å². The highest BCUT2D eigenvalue weighted by Crippen LogP contribution is 2.29. The molecular weight excluding hydrogens is 388 g/mol. The summed E-state index contributed by atoms with van der Waals surface area (Å²) in [5.41, 5.74) is 1.20. The second-order valence-corrected chi connectivity index (χ2v) is 8.94. The molecule has 0 bridgehead atoms. The highest BCUT2D eigenvalue weighted by atomic mass is 35.5. The van der Waals surface area contributed by atoms with Crippen molar-refractivity contribution in [3.8, 4) is 0 Å². The van der Waals surface area contributed by atoms with Crippen molar-refractivity contribution in [2.45, 2.75) is 51.8 Å². The number of hydrogen-bond donors (Lipinski definition) is 0. The third-order valence-corrected chi connectivity index (χ3v) is 6.12. The predicted octanol–water partition coefficient (Wildman–Crippen LogP) is 3.41. The Morgan fingerprint density at radius 1 is 1.21 bits per heavy atom. The number of rotatable bonds is 7. The zero-order valence-corrected chi connectivity index (χ0v) is 18.1. The average molecular weight is 419 g/mol. The molecule has 0 spiro atoms. The molecule has 2 saturated heterocycles. The lowest BCUT2D eigenvalue weighted by Gasteiger charge is -2.40. The maximum atomic E-state index is 6.18. The van der Waals surface area contributed by atoms with Crippen LogP contribution in [0.1, 0.15) is 45.0 Å². The van der Waals surface area contributed by atoms with Crippen LogP contribution < -0.4 is 4.90 Å². The van der Waals surface area contributed by atoms with E-state index >= 15 is 0 Å². The van der Waals surface area contributed by atoms with Gasteiger partial charge in [0.2, 0.25) is 0 Å². The number of nitrogens with zero attached hydrogens (tertiary/aromatic N) is 6. The van der Waals surface area contributed by atoms with Gasteiger partial charge < -0.3 is 9.64 Å². The van der Waals surface area contributed by atoms with Gasteiger partial charge in [-0.1, -0.05) is 31.5 Å². The number of tetrazole rings is 1. The predicted molar refractivity (Wildman–Crippen MR) is 114 cm³/mol. The summed E-state index contributed by atoms with van der Waals surface area (Å²) in [6.07, 6.45) is 3.50. The smallest absolute Gasteiger partial charge is 0.168 e. The summed E-state index contributed by atoms with van der Waals surface area (Å²) in [6, 6.07) is 8.35. The Hall–Kier alpha value is -1.70. The van der Waals surface area contributed by atoms with Crippen LogP contribution in [0.3, 0.4) is 0 Å². The van der Waals surface area contributed by atoms with E-state index in [0.29, 0.717) is 5.92 Å². The Balaban J connectivity index is 1.46. The van der Waals surface area contributed by atoms with Crippen molar-refractivity contribution in [2.24, 2.45) is 5.92 Å². The van der Waals surface area contributed by atoms with Crippen LogP contribution in [0.25, 0.3) is 0 Å². The van der Waals surface area contributed by atoms with Crippen LogP contribution in [0.5, 0.6) is 0 Å². The van der Waals surface area contributed by atoms with Crippen molar-refractivity contribution in [1.82, 2.24) is 25.1 Å². The topological polar surface area (TPSA) is 59.3 Å². The van der Waals surface area contributed by atoms with E-state index in [0.717, 1.165) is 69.4 Å². The van der Waals surface area contributed by atoms with Gasteiger partial charge in [-0.25, -0.2) is 4.68 Å². The molecule has 1 aromatic carbocycles. The molecule has 4 rings (SSSR count). The van der Waals surface area contributed by atoms with E-state index in [1.807, 2.05) is 22.9 Å². The van der Waals surface area contributed by atoms with Gasteiger partial charge in [-0.05, 0) is 53.8 Å². The number of piperazine rings is 1. The highest BCUT2D eigenvalue weighted by molar-refractivity contribution is 6.30. The molecule has 0 radical (unpaired) electrons. The second kappa shape index (κ2) is 9.41. The molecule has 3 heterocycles. The maximum Gasteiger partial charge on any atom is 0.168 e. The molecule has 158 valence electrons. The molecule has 8 heteroatoms. The fourth-order valence-electron chi connectivity index (χ4n) is 4.39. The Morgan fingerprint density at radius 3 is 2.72 bits per heavy atom. The van der Waals surface area contributed by atoms with Crippen molar-refractivity contribution in [3.05, 3.63) is 35.1 Å².